The molecule has 132 valence electrons. The average molecular weight is 377 g/mol. The molecule has 1 unspecified atom stereocenters. The molecule has 7 heteroatoms. The lowest BCUT2D eigenvalue weighted by Gasteiger charge is -2.22. The molecule has 0 radical (unpaired) electrons. The Bertz CT molecular complexity index is 791. The zero-order chi connectivity index (χ0) is 16.9. The minimum absolute atomic E-state index is 0. The molecular formula is C18H21ClN4OS. The molecule has 0 aliphatic heterocycles. The molecule has 3 N–H and O–H groups in total. The maximum absolute atomic E-state index is 12.7. The Kier molecular flexibility index (Phi) is 6.75. The van der Waals surface area contributed by atoms with Crippen LogP contribution in [0.1, 0.15) is 18.5 Å². The van der Waals surface area contributed by atoms with Gasteiger partial charge in [0.05, 0.1) is 16.3 Å². The van der Waals surface area contributed by atoms with Gasteiger partial charge in [0.15, 0.2) is 5.13 Å². The Labute approximate surface area is 157 Å². The summed E-state index contributed by atoms with van der Waals surface area (Å²) in [5.74, 6) is 0. The molecule has 0 aliphatic rings. The van der Waals surface area contributed by atoms with Gasteiger partial charge in [-0.15, -0.1) is 12.4 Å². The highest BCUT2D eigenvalue weighted by molar-refractivity contribution is 7.22. The van der Waals surface area contributed by atoms with Crippen LogP contribution in [0, 0.1) is 0 Å². The van der Waals surface area contributed by atoms with Crippen molar-refractivity contribution in [2.75, 3.05) is 18.0 Å². The Morgan fingerprint density at radius 1 is 1.20 bits per heavy atom. The summed E-state index contributed by atoms with van der Waals surface area (Å²) in [5, 5.41) is 3.69. The normalized spacial score (nSPS) is 11.6. The number of rotatable bonds is 5. The van der Waals surface area contributed by atoms with Crippen molar-refractivity contribution in [2.45, 2.75) is 13.0 Å². The molecule has 0 saturated heterocycles. The summed E-state index contributed by atoms with van der Waals surface area (Å²) in [7, 11) is 0. The number of aromatic nitrogens is 1. The van der Waals surface area contributed by atoms with E-state index in [2.05, 4.69) is 10.3 Å². The van der Waals surface area contributed by atoms with E-state index in [9.17, 15) is 4.79 Å². The fraction of sp³-hybridized carbons (Fsp3) is 0.222. The second-order valence-electron chi connectivity index (χ2n) is 5.49. The van der Waals surface area contributed by atoms with Gasteiger partial charge in [0.25, 0.3) is 0 Å². The number of para-hydroxylation sites is 1. The van der Waals surface area contributed by atoms with Crippen molar-refractivity contribution in [1.29, 1.82) is 0 Å². The Morgan fingerprint density at radius 3 is 2.56 bits per heavy atom. The minimum Gasteiger partial charge on any atom is -0.331 e. The van der Waals surface area contributed by atoms with Crippen molar-refractivity contribution in [2.24, 2.45) is 5.73 Å². The molecule has 5 nitrogen and oxygen atoms in total. The van der Waals surface area contributed by atoms with Gasteiger partial charge < -0.3 is 11.1 Å². The van der Waals surface area contributed by atoms with E-state index >= 15 is 0 Å². The van der Waals surface area contributed by atoms with Crippen molar-refractivity contribution in [3.05, 3.63) is 60.2 Å². The molecule has 1 atom stereocenters. The lowest BCUT2D eigenvalue weighted by atomic mass is 10.1. The number of urea groups is 1. The van der Waals surface area contributed by atoms with Gasteiger partial charge in [-0.2, -0.15) is 0 Å². The van der Waals surface area contributed by atoms with E-state index in [1.165, 1.54) is 11.3 Å². The summed E-state index contributed by atoms with van der Waals surface area (Å²) in [6.45, 7) is 2.77. The van der Waals surface area contributed by atoms with Crippen LogP contribution in [0.25, 0.3) is 10.2 Å². The summed E-state index contributed by atoms with van der Waals surface area (Å²) < 4.78 is 1.05. The molecule has 25 heavy (non-hydrogen) atoms. The van der Waals surface area contributed by atoms with E-state index in [0.717, 1.165) is 15.8 Å². The molecule has 3 rings (SSSR count). The highest BCUT2D eigenvalue weighted by Gasteiger charge is 2.20. The lowest BCUT2D eigenvalue weighted by molar-refractivity contribution is 0.243. The molecule has 0 bridgehead atoms. The van der Waals surface area contributed by atoms with Gasteiger partial charge in [-0.25, -0.2) is 9.78 Å². The number of carbonyl (C=O) groups excluding carboxylic acids is 1. The first kappa shape index (κ1) is 19.2. The molecule has 0 aliphatic carbocycles. The number of hydrogen-bond acceptors (Lipinski definition) is 4. The number of hydrogen-bond donors (Lipinski definition) is 2. The molecule has 3 aromatic rings. The number of anilines is 1. The molecule has 0 spiro atoms. The van der Waals surface area contributed by atoms with Gasteiger partial charge in [0.1, 0.15) is 0 Å². The van der Waals surface area contributed by atoms with Crippen molar-refractivity contribution in [3.63, 3.8) is 0 Å². The molecule has 1 aromatic heterocycles. The molecular weight excluding hydrogens is 356 g/mol. The first-order chi connectivity index (χ1) is 11.7. The second-order valence-corrected chi connectivity index (χ2v) is 6.50. The zero-order valence-corrected chi connectivity index (χ0v) is 15.5. The number of fused-ring (bicyclic) bond motifs is 1. The van der Waals surface area contributed by atoms with Gasteiger partial charge in [0, 0.05) is 13.1 Å². The van der Waals surface area contributed by atoms with Crippen molar-refractivity contribution in [3.8, 4) is 0 Å². The topological polar surface area (TPSA) is 71.2 Å². The average Bonchev–Trinajstić information content (AvgIpc) is 3.03. The van der Waals surface area contributed by atoms with E-state index in [0.29, 0.717) is 18.2 Å². The minimum atomic E-state index is -0.184. The fourth-order valence-corrected chi connectivity index (χ4v) is 3.47. The number of halogens is 1. The third-order valence-corrected chi connectivity index (χ3v) is 4.81. The van der Waals surface area contributed by atoms with E-state index in [-0.39, 0.29) is 24.5 Å². The molecule has 2 aromatic carbocycles. The largest absolute Gasteiger partial charge is 0.331 e. The highest BCUT2D eigenvalue weighted by Crippen LogP contribution is 2.28. The first-order valence-corrected chi connectivity index (χ1v) is 8.69. The molecule has 2 amide bonds. The van der Waals surface area contributed by atoms with Crippen LogP contribution in [0.5, 0.6) is 0 Å². The number of benzene rings is 2. The van der Waals surface area contributed by atoms with Crippen LogP contribution >= 0.6 is 23.7 Å². The van der Waals surface area contributed by atoms with Gasteiger partial charge in [0.2, 0.25) is 0 Å². The molecule has 0 saturated carbocycles. The van der Waals surface area contributed by atoms with Crippen molar-refractivity contribution in [1.82, 2.24) is 10.3 Å². The van der Waals surface area contributed by atoms with Gasteiger partial charge >= 0.3 is 6.03 Å². The summed E-state index contributed by atoms with van der Waals surface area (Å²) in [5.41, 5.74) is 7.65. The van der Waals surface area contributed by atoms with Crippen LogP contribution in [0.3, 0.4) is 0 Å². The standard InChI is InChI=1S/C18H20N4OS.ClH/c1-13(14-7-3-2-4-8-14)20-17(23)22(12-11-19)18-21-15-9-5-6-10-16(15)24-18;/h2-10,13H,11-12,19H2,1H3,(H,20,23);1H. The van der Waals surface area contributed by atoms with E-state index in [1.54, 1.807) is 4.90 Å². The summed E-state index contributed by atoms with van der Waals surface area (Å²) in [6.07, 6.45) is 0. The number of nitrogens with one attached hydrogen (secondary N) is 1. The smallest absolute Gasteiger partial charge is 0.324 e. The van der Waals surface area contributed by atoms with Crippen molar-refractivity contribution < 1.29 is 4.79 Å². The monoisotopic (exact) mass is 376 g/mol. The predicted octanol–water partition coefficient (Wildman–Crippen LogP) is 3.95. The van der Waals surface area contributed by atoms with E-state index in [1.807, 2.05) is 61.5 Å². The van der Waals surface area contributed by atoms with Crippen LogP contribution in [-0.2, 0) is 0 Å². The highest BCUT2D eigenvalue weighted by atomic mass is 35.5. The van der Waals surface area contributed by atoms with Crippen LogP contribution in [-0.4, -0.2) is 24.1 Å². The van der Waals surface area contributed by atoms with E-state index in [4.69, 9.17) is 5.73 Å². The SMILES string of the molecule is CC(NC(=O)N(CCN)c1nc2ccccc2s1)c1ccccc1.Cl. The Morgan fingerprint density at radius 2 is 1.88 bits per heavy atom. The second kappa shape index (κ2) is 8.80. The quantitative estimate of drug-likeness (QED) is 0.708. The Hall–Kier alpha value is -2.15. The van der Waals surface area contributed by atoms with Gasteiger partial charge in [-0.05, 0) is 24.6 Å². The number of carbonyl (C=O) groups is 1. The first-order valence-electron chi connectivity index (χ1n) is 7.87. The van der Waals surface area contributed by atoms with E-state index < -0.39 is 0 Å². The third-order valence-electron chi connectivity index (χ3n) is 3.75. The van der Waals surface area contributed by atoms with Gasteiger partial charge in [-0.1, -0.05) is 53.8 Å². The summed E-state index contributed by atoms with van der Waals surface area (Å²) >= 11 is 1.49. The van der Waals surface area contributed by atoms with Crippen LogP contribution in [0.4, 0.5) is 9.93 Å². The number of nitrogens with two attached hydrogens (primary N) is 1. The summed E-state index contributed by atoms with van der Waals surface area (Å²) in [6, 6.07) is 17.5. The van der Waals surface area contributed by atoms with Crippen LogP contribution < -0.4 is 16.0 Å². The van der Waals surface area contributed by atoms with Crippen LogP contribution in [0.15, 0.2) is 54.6 Å². The van der Waals surface area contributed by atoms with Crippen LogP contribution in [0.2, 0.25) is 0 Å². The molecule has 1 heterocycles. The predicted molar refractivity (Wildman–Crippen MR) is 107 cm³/mol. The maximum atomic E-state index is 12.7. The number of nitrogens with zero attached hydrogens (tertiary/aromatic N) is 2. The Balaban J connectivity index is 0.00000225. The molecule has 0 fully saturated rings. The zero-order valence-electron chi connectivity index (χ0n) is 13.9. The van der Waals surface area contributed by atoms with Gasteiger partial charge in [-0.3, -0.25) is 4.90 Å². The maximum Gasteiger partial charge on any atom is 0.324 e. The third kappa shape index (κ3) is 4.48. The van der Waals surface area contributed by atoms with Crippen molar-refractivity contribution >= 4 is 45.1 Å². The lowest BCUT2D eigenvalue weighted by Crippen LogP contribution is -2.43. The number of amides is 2. The number of thiazole rings is 1. The summed E-state index contributed by atoms with van der Waals surface area (Å²) in [4.78, 5) is 18.9. The fourth-order valence-electron chi connectivity index (χ4n) is 2.48.